The summed E-state index contributed by atoms with van der Waals surface area (Å²) in [6, 6.07) is 11.2. The molecule has 20 heavy (non-hydrogen) atoms. The molecule has 0 N–H and O–H groups in total. The Morgan fingerprint density at radius 2 is 1.85 bits per heavy atom. The van der Waals surface area contributed by atoms with Crippen molar-refractivity contribution in [3.05, 3.63) is 52.0 Å². The summed E-state index contributed by atoms with van der Waals surface area (Å²) in [7, 11) is 0. The lowest BCUT2D eigenvalue weighted by molar-refractivity contribution is 0.479. The highest BCUT2D eigenvalue weighted by Crippen LogP contribution is 2.33. The summed E-state index contributed by atoms with van der Waals surface area (Å²) in [6.45, 7) is 4.10. The number of nitriles is 1. The molecule has 4 heteroatoms. The van der Waals surface area contributed by atoms with Crippen LogP contribution in [0.4, 0.5) is 0 Å². The Bertz CT molecular complexity index is 668. The van der Waals surface area contributed by atoms with Crippen LogP contribution >= 0.6 is 23.4 Å². The Balaban J connectivity index is 2.41. The van der Waals surface area contributed by atoms with E-state index in [1.165, 1.54) is 4.90 Å². The molecule has 0 aliphatic rings. The highest BCUT2D eigenvalue weighted by atomic mass is 35.5. The van der Waals surface area contributed by atoms with E-state index in [4.69, 9.17) is 21.6 Å². The largest absolute Gasteiger partial charge is 0.456 e. The first kappa shape index (κ1) is 14.8. The standard InChI is InChI=1S/C16H14ClNOS/c1-10-7-12(8-11(2)16(10)20-3)19-15-6-4-5-14(17)13(15)9-18/h4-8H,1-3H3. The number of nitrogens with zero attached hydrogens (tertiary/aromatic N) is 1. The molecule has 0 saturated heterocycles. The average Bonchev–Trinajstić information content (AvgIpc) is 2.38. The molecule has 0 unspecified atom stereocenters. The molecule has 0 spiro atoms. The van der Waals surface area contributed by atoms with Gasteiger partial charge in [-0.15, -0.1) is 11.8 Å². The molecule has 0 bridgehead atoms. The smallest absolute Gasteiger partial charge is 0.146 e. The lowest BCUT2D eigenvalue weighted by Crippen LogP contribution is -1.92. The Kier molecular flexibility index (Phi) is 4.59. The van der Waals surface area contributed by atoms with E-state index < -0.39 is 0 Å². The first-order valence-electron chi connectivity index (χ1n) is 6.08. The van der Waals surface area contributed by atoms with Gasteiger partial charge in [0.2, 0.25) is 0 Å². The highest BCUT2D eigenvalue weighted by Gasteiger charge is 2.10. The minimum absolute atomic E-state index is 0.360. The van der Waals surface area contributed by atoms with Crippen molar-refractivity contribution in [2.24, 2.45) is 0 Å². The predicted molar refractivity (Wildman–Crippen MR) is 83.9 cm³/mol. The number of hydrogen-bond acceptors (Lipinski definition) is 3. The maximum absolute atomic E-state index is 9.15. The quantitative estimate of drug-likeness (QED) is 0.717. The van der Waals surface area contributed by atoms with Gasteiger partial charge in [0, 0.05) is 4.90 Å². The number of benzene rings is 2. The van der Waals surface area contributed by atoms with Crippen molar-refractivity contribution >= 4 is 23.4 Å². The molecule has 0 radical (unpaired) electrons. The number of ether oxygens (including phenoxy) is 1. The predicted octanol–water partition coefficient (Wildman–Crippen LogP) is 5.34. The van der Waals surface area contributed by atoms with Crippen LogP contribution in [-0.4, -0.2) is 6.26 Å². The van der Waals surface area contributed by atoms with E-state index >= 15 is 0 Å². The second-order valence-electron chi connectivity index (χ2n) is 4.42. The lowest BCUT2D eigenvalue weighted by Gasteiger charge is -2.12. The van der Waals surface area contributed by atoms with Gasteiger partial charge in [-0.2, -0.15) is 5.26 Å². The van der Waals surface area contributed by atoms with Gasteiger partial charge in [-0.05, 0) is 55.5 Å². The summed E-state index contributed by atoms with van der Waals surface area (Å²) >= 11 is 7.72. The molecular weight excluding hydrogens is 290 g/mol. The Hall–Kier alpha value is -1.63. The van der Waals surface area contributed by atoms with Crippen LogP contribution in [0.1, 0.15) is 16.7 Å². The zero-order valence-electron chi connectivity index (χ0n) is 11.5. The fourth-order valence-electron chi connectivity index (χ4n) is 2.12. The number of hydrogen-bond donors (Lipinski definition) is 0. The van der Waals surface area contributed by atoms with Gasteiger partial charge in [-0.1, -0.05) is 17.7 Å². The van der Waals surface area contributed by atoms with Crippen LogP contribution in [-0.2, 0) is 0 Å². The molecule has 0 aromatic heterocycles. The van der Waals surface area contributed by atoms with Gasteiger partial charge in [0.1, 0.15) is 23.1 Å². The lowest BCUT2D eigenvalue weighted by atomic mass is 10.1. The number of thioether (sulfide) groups is 1. The molecule has 0 heterocycles. The molecule has 2 aromatic carbocycles. The van der Waals surface area contributed by atoms with Gasteiger partial charge in [0.05, 0.1) is 5.02 Å². The number of halogens is 1. The summed E-state index contributed by atoms with van der Waals surface area (Å²) in [6.07, 6.45) is 2.06. The van der Waals surface area contributed by atoms with E-state index in [0.717, 1.165) is 16.9 Å². The van der Waals surface area contributed by atoms with E-state index in [1.54, 1.807) is 30.0 Å². The molecule has 0 atom stereocenters. The van der Waals surface area contributed by atoms with Gasteiger partial charge < -0.3 is 4.74 Å². The van der Waals surface area contributed by atoms with Crippen LogP contribution in [0.3, 0.4) is 0 Å². The van der Waals surface area contributed by atoms with Crippen LogP contribution in [0, 0.1) is 25.2 Å². The van der Waals surface area contributed by atoms with Crippen LogP contribution in [0.25, 0.3) is 0 Å². The second kappa shape index (κ2) is 6.21. The van der Waals surface area contributed by atoms with Crippen molar-refractivity contribution in [1.82, 2.24) is 0 Å². The summed E-state index contributed by atoms with van der Waals surface area (Å²) in [4.78, 5) is 1.25. The van der Waals surface area contributed by atoms with Crippen LogP contribution in [0.15, 0.2) is 35.2 Å². The zero-order chi connectivity index (χ0) is 14.7. The van der Waals surface area contributed by atoms with Crippen LogP contribution in [0.5, 0.6) is 11.5 Å². The maximum atomic E-state index is 9.15. The minimum atomic E-state index is 0.360. The third-order valence-corrected chi connectivity index (χ3v) is 4.32. The molecule has 0 aliphatic heterocycles. The first-order valence-corrected chi connectivity index (χ1v) is 7.68. The minimum Gasteiger partial charge on any atom is -0.456 e. The summed E-state index contributed by atoms with van der Waals surface area (Å²) in [5, 5.41) is 9.55. The molecule has 2 rings (SSSR count). The van der Waals surface area contributed by atoms with Gasteiger partial charge in [0.25, 0.3) is 0 Å². The van der Waals surface area contributed by atoms with E-state index in [9.17, 15) is 0 Å². The molecule has 0 amide bonds. The monoisotopic (exact) mass is 303 g/mol. The van der Waals surface area contributed by atoms with Gasteiger partial charge in [-0.25, -0.2) is 0 Å². The van der Waals surface area contributed by atoms with Crippen molar-refractivity contribution in [2.45, 2.75) is 18.7 Å². The van der Waals surface area contributed by atoms with Crippen LogP contribution < -0.4 is 4.74 Å². The van der Waals surface area contributed by atoms with E-state index in [0.29, 0.717) is 16.3 Å². The topological polar surface area (TPSA) is 33.0 Å². The summed E-state index contributed by atoms with van der Waals surface area (Å²) in [5.74, 6) is 1.20. The Labute approximate surface area is 128 Å². The maximum Gasteiger partial charge on any atom is 0.146 e. The molecule has 2 nitrogen and oxygen atoms in total. The number of rotatable bonds is 3. The van der Waals surface area contributed by atoms with E-state index in [-0.39, 0.29) is 0 Å². The van der Waals surface area contributed by atoms with E-state index in [2.05, 4.69) is 26.2 Å². The first-order chi connectivity index (χ1) is 9.56. The normalized spacial score (nSPS) is 10.2. The van der Waals surface area contributed by atoms with Gasteiger partial charge in [0.15, 0.2) is 0 Å². The third-order valence-electron chi connectivity index (χ3n) is 2.95. The highest BCUT2D eigenvalue weighted by molar-refractivity contribution is 7.98. The Morgan fingerprint density at radius 1 is 1.20 bits per heavy atom. The fraction of sp³-hybridized carbons (Fsp3) is 0.188. The zero-order valence-corrected chi connectivity index (χ0v) is 13.1. The molecule has 0 fully saturated rings. The molecular formula is C16H14ClNOS. The summed E-state index contributed by atoms with van der Waals surface area (Å²) < 4.78 is 5.83. The molecule has 0 aliphatic carbocycles. The van der Waals surface area contributed by atoms with Crippen molar-refractivity contribution in [3.8, 4) is 17.6 Å². The van der Waals surface area contributed by atoms with Crippen molar-refractivity contribution in [1.29, 1.82) is 5.26 Å². The number of aryl methyl sites for hydroxylation is 2. The Morgan fingerprint density at radius 3 is 2.40 bits per heavy atom. The third kappa shape index (κ3) is 2.92. The van der Waals surface area contributed by atoms with Crippen molar-refractivity contribution < 1.29 is 4.74 Å². The summed E-state index contributed by atoms with van der Waals surface area (Å²) in [5.41, 5.74) is 2.68. The van der Waals surface area contributed by atoms with E-state index in [1.807, 2.05) is 12.1 Å². The van der Waals surface area contributed by atoms with Crippen molar-refractivity contribution in [2.75, 3.05) is 6.26 Å². The molecule has 0 saturated carbocycles. The fourth-order valence-corrected chi connectivity index (χ4v) is 3.09. The SMILES string of the molecule is CSc1c(C)cc(Oc2cccc(Cl)c2C#N)cc1C. The van der Waals surface area contributed by atoms with Crippen molar-refractivity contribution in [3.63, 3.8) is 0 Å². The molecule has 102 valence electrons. The van der Waals surface area contributed by atoms with Gasteiger partial charge >= 0.3 is 0 Å². The van der Waals surface area contributed by atoms with Gasteiger partial charge in [-0.3, -0.25) is 0 Å². The van der Waals surface area contributed by atoms with Crippen LogP contribution in [0.2, 0.25) is 5.02 Å². The average molecular weight is 304 g/mol. The second-order valence-corrected chi connectivity index (χ2v) is 5.64. The molecule has 2 aromatic rings.